The van der Waals surface area contributed by atoms with E-state index in [1.165, 1.54) is 0 Å². The molecule has 0 bridgehead atoms. The Morgan fingerprint density at radius 1 is 1.14 bits per heavy atom. The van der Waals surface area contributed by atoms with Gasteiger partial charge in [-0.3, -0.25) is 4.79 Å². The average Bonchev–Trinajstić information content (AvgIpc) is 3.33. The number of amides is 1. The Morgan fingerprint density at radius 3 is 2.39 bits per heavy atom. The second-order valence-corrected chi connectivity index (χ2v) is 11.5. The molecule has 36 heavy (non-hydrogen) atoms. The van der Waals surface area contributed by atoms with Gasteiger partial charge in [-0.1, -0.05) is 24.3 Å². The van der Waals surface area contributed by atoms with E-state index in [0.717, 1.165) is 27.6 Å². The number of aromatic amines is 1. The van der Waals surface area contributed by atoms with Crippen molar-refractivity contribution in [3.63, 3.8) is 0 Å². The van der Waals surface area contributed by atoms with Crippen LogP contribution in [-0.2, 0) is 16.6 Å². The maximum Gasteiger partial charge on any atom is 0.250 e. The Labute approximate surface area is 211 Å². The predicted molar refractivity (Wildman–Crippen MR) is 140 cm³/mol. The predicted octanol–water partition coefficient (Wildman–Crippen LogP) is 1.91. The van der Waals surface area contributed by atoms with Crippen LogP contribution in [0.25, 0.3) is 22.0 Å². The smallest absolute Gasteiger partial charge is 0.250 e. The maximum atomic E-state index is 12.3. The minimum Gasteiger partial charge on any atom is -0.395 e. The second kappa shape index (κ2) is 11.1. The molecule has 2 aromatic carbocycles. The van der Waals surface area contributed by atoms with Gasteiger partial charge < -0.3 is 26.2 Å². The molecule has 0 saturated carbocycles. The summed E-state index contributed by atoms with van der Waals surface area (Å²) in [6.45, 7) is 2.86. The van der Waals surface area contributed by atoms with E-state index in [1.807, 2.05) is 30.5 Å². The van der Waals surface area contributed by atoms with Gasteiger partial charge in [-0.05, 0) is 60.1 Å². The number of piperidine rings is 1. The number of fused-ring (bicyclic) bond motifs is 1. The largest absolute Gasteiger partial charge is 0.395 e. The first-order chi connectivity index (χ1) is 17.3. The Balaban J connectivity index is 1.61. The van der Waals surface area contributed by atoms with Crippen molar-refractivity contribution in [1.29, 1.82) is 0 Å². The Bertz CT molecular complexity index is 1310. The number of aromatic nitrogens is 1. The van der Waals surface area contributed by atoms with Crippen LogP contribution in [0.4, 0.5) is 0 Å². The van der Waals surface area contributed by atoms with Crippen LogP contribution in [0.3, 0.4) is 0 Å². The van der Waals surface area contributed by atoms with Crippen LogP contribution < -0.4 is 11.1 Å². The van der Waals surface area contributed by atoms with Gasteiger partial charge in [-0.15, -0.1) is 0 Å². The number of nitrogens with one attached hydrogen (secondary N) is 2. The lowest BCUT2D eigenvalue weighted by Crippen LogP contribution is -2.38. The molecule has 6 N–H and O–H groups in total. The zero-order valence-electron chi connectivity index (χ0n) is 20.4. The molecule has 0 spiro atoms. The molecule has 1 aliphatic rings. The third kappa shape index (κ3) is 5.47. The van der Waals surface area contributed by atoms with Gasteiger partial charge in [-0.25, -0.2) is 12.7 Å². The van der Waals surface area contributed by atoms with Gasteiger partial charge in [0.15, 0.2) is 0 Å². The van der Waals surface area contributed by atoms with Gasteiger partial charge in [0.25, 0.3) is 5.91 Å². The van der Waals surface area contributed by atoms with Crippen LogP contribution in [0.2, 0.25) is 0 Å². The van der Waals surface area contributed by atoms with Crippen LogP contribution in [0.15, 0.2) is 42.6 Å². The lowest BCUT2D eigenvalue weighted by atomic mass is 9.88. The molecular formula is C26H34N4O5S. The molecule has 9 nitrogen and oxygen atoms in total. The van der Waals surface area contributed by atoms with Gasteiger partial charge in [0.05, 0.1) is 36.1 Å². The number of carbonyl (C=O) groups excluding carboxylic acids is 1. The first-order valence-electron chi connectivity index (χ1n) is 12.2. The van der Waals surface area contributed by atoms with E-state index in [2.05, 4.69) is 16.4 Å². The number of carbonyl (C=O) groups is 1. The number of benzene rings is 2. The summed E-state index contributed by atoms with van der Waals surface area (Å²) in [5.74, 6) is -0.231. The summed E-state index contributed by atoms with van der Waals surface area (Å²) in [7, 11) is -3.20. The molecule has 10 heteroatoms. The highest BCUT2D eigenvalue weighted by atomic mass is 32.2. The van der Waals surface area contributed by atoms with Crippen molar-refractivity contribution >= 4 is 26.8 Å². The van der Waals surface area contributed by atoms with Crippen molar-refractivity contribution in [2.24, 2.45) is 5.73 Å². The van der Waals surface area contributed by atoms with Crippen LogP contribution >= 0.6 is 0 Å². The molecule has 1 aliphatic heterocycles. The molecule has 194 valence electrons. The van der Waals surface area contributed by atoms with Crippen LogP contribution in [0.1, 0.15) is 47.2 Å². The van der Waals surface area contributed by atoms with E-state index in [1.54, 1.807) is 17.3 Å². The lowest BCUT2D eigenvalue weighted by Gasteiger charge is -2.31. The maximum absolute atomic E-state index is 12.3. The number of nitrogens with zero attached hydrogens (tertiary/aromatic N) is 1. The molecule has 0 aliphatic carbocycles. The number of hydrogen-bond donors (Lipinski definition) is 5. The average molecular weight is 515 g/mol. The van der Waals surface area contributed by atoms with E-state index in [4.69, 9.17) is 5.73 Å². The van der Waals surface area contributed by atoms with E-state index < -0.39 is 15.9 Å². The number of nitrogens with two attached hydrogens (primary N) is 1. The summed E-state index contributed by atoms with van der Waals surface area (Å²) in [6.07, 6.45) is 3.35. The summed E-state index contributed by atoms with van der Waals surface area (Å²) in [5, 5.41) is 22.5. The standard InChI is InChI=1S/C26H34N4O5S/c1-2-36(34,35)30-9-7-19(8-10-30)24-14-29-25-22(24)11-20(12-23(25)26(27)33)18-5-3-17(4-6-18)13-28-21(15-31)16-32/h3-6,11-12,14,19,21,28-29,31-32H,2,7-10,13,15-16H2,1H3,(H2,27,33). The van der Waals surface area contributed by atoms with Crippen molar-refractivity contribution in [2.45, 2.75) is 38.3 Å². The van der Waals surface area contributed by atoms with Crippen molar-refractivity contribution in [3.05, 3.63) is 59.3 Å². The van der Waals surface area contributed by atoms with Gasteiger partial charge in [0.2, 0.25) is 10.0 Å². The molecule has 3 aromatic rings. The normalized spacial score (nSPS) is 15.7. The molecule has 4 rings (SSSR count). The van der Waals surface area contributed by atoms with Crippen molar-refractivity contribution < 1.29 is 23.4 Å². The molecule has 1 amide bonds. The van der Waals surface area contributed by atoms with Gasteiger partial charge in [0, 0.05) is 31.2 Å². The number of primary amides is 1. The summed E-state index contributed by atoms with van der Waals surface area (Å²) in [6, 6.07) is 11.3. The number of aliphatic hydroxyl groups excluding tert-OH is 2. The lowest BCUT2D eigenvalue weighted by molar-refractivity contribution is 0.100. The van der Waals surface area contributed by atoms with E-state index in [0.29, 0.717) is 43.6 Å². The van der Waals surface area contributed by atoms with Gasteiger partial charge in [-0.2, -0.15) is 0 Å². The quantitative estimate of drug-likeness (QED) is 0.279. The highest BCUT2D eigenvalue weighted by Crippen LogP contribution is 2.37. The second-order valence-electron chi connectivity index (χ2n) is 9.27. The van der Waals surface area contributed by atoms with E-state index >= 15 is 0 Å². The molecular weight excluding hydrogens is 480 g/mol. The molecule has 0 atom stereocenters. The highest BCUT2D eigenvalue weighted by Gasteiger charge is 2.29. The molecule has 0 unspecified atom stereocenters. The number of hydrogen-bond acceptors (Lipinski definition) is 6. The molecule has 1 saturated heterocycles. The molecule has 1 fully saturated rings. The SMILES string of the molecule is CCS(=O)(=O)N1CCC(c2c[nH]c3c(C(N)=O)cc(-c4ccc(CNC(CO)CO)cc4)cc23)CC1. The van der Waals surface area contributed by atoms with Crippen LogP contribution in [-0.4, -0.2) is 71.9 Å². The fourth-order valence-corrected chi connectivity index (χ4v) is 5.98. The Kier molecular flexibility index (Phi) is 8.11. The summed E-state index contributed by atoms with van der Waals surface area (Å²) < 4.78 is 26.1. The summed E-state index contributed by atoms with van der Waals surface area (Å²) >= 11 is 0. The van der Waals surface area contributed by atoms with E-state index in [-0.39, 0.29) is 30.9 Å². The third-order valence-corrected chi connectivity index (χ3v) is 8.94. The van der Waals surface area contributed by atoms with Crippen LogP contribution in [0, 0.1) is 0 Å². The van der Waals surface area contributed by atoms with Crippen LogP contribution in [0.5, 0.6) is 0 Å². The highest BCUT2D eigenvalue weighted by molar-refractivity contribution is 7.89. The van der Waals surface area contributed by atoms with Crippen molar-refractivity contribution in [1.82, 2.24) is 14.6 Å². The molecule has 0 radical (unpaired) electrons. The Hall–Kier alpha value is -2.76. The van der Waals surface area contributed by atoms with Crippen molar-refractivity contribution in [2.75, 3.05) is 32.1 Å². The number of H-pyrrole nitrogens is 1. The topological polar surface area (TPSA) is 149 Å². The summed E-state index contributed by atoms with van der Waals surface area (Å²) in [5.41, 5.74) is 10.7. The first kappa shape index (κ1) is 26.3. The minimum absolute atomic E-state index is 0.106. The van der Waals surface area contributed by atoms with Gasteiger partial charge >= 0.3 is 0 Å². The monoisotopic (exact) mass is 514 g/mol. The number of rotatable bonds is 10. The third-order valence-electron chi connectivity index (χ3n) is 7.06. The number of aliphatic hydroxyl groups is 2. The fourth-order valence-electron chi connectivity index (χ4n) is 4.84. The van der Waals surface area contributed by atoms with E-state index in [9.17, 15) is 23.4 Å². The van der Waals surface area contributed by atoms with Crippen molar-refractivity contribution in [3.8, 4) is 11.1 Å². The first-order valence-corrected chi connectivity index (χ1v) is 13.8. The zero-order chi connectivity index (χ0) is 25.9. The fraction of sp³-hybridized carbons (Fsp3) is 0.423. The Morgan fingerprint density at radius 2 is 1.81 bits per heavy atom. The molecule has 2 heterocycles. The summed E-state index contributed by atoms with van der Waals surface area (Å²) in [4.78, 5) is 15.5. The minimum atomic E-state index is -3.20. The van der Waals surface area contributed by atoms with Gasteiger partial charge in [0.1, 0.15) is 0 Å². The zero-order valence-corrected chi connectivity index (χ0v) is 21.2. The molecule has 1 aromatic heterocycles. The number of sulfonamides is 1.